The Hall–Kier alpha value is -0.100. The van der Waals surface area contributed by atoms with Crippen LogP contribution in [0.2, 0.25) is 0 Å². The Morgan fingerprint density at radius 1 is 1.18 bits per heavy atom. The van der Waals surface area contributed by atoms with Crippen molar-refractivity contribution in [1.82, 2.24) is 0 Å². The van der Waals surface area contributed by atoms with Crippen LogP contribution < -0.4 is 0 Å². The lowest BCUT2D eigenvalue weighted by Crippen LogP contribution is -2.47. The van der Waals surface area contributed by atoms with Crippen molar-refractivity contribution in [2.45, 2.75) is 96.7 Å². The van der Waals surface area contributed by atoms with E-state index in [1.807, 2.05) is 0 Å². The summed E-state index contributed by atoms with van der Waals surface area (Å²) in [6, 6.07) is 0. The molecule has 0 radical (unpaired) electrons. The normalized spacial score (nSPS) is 20.5. The van der Waals surface area contributed by atoms with Gasteiger partial charge in [-0.2, -0.15) is 0 Å². The molecule has 0 aliphatic heterocycles. The number of hydrogen-bond donors (Lipinski definition) is 0. The van der Waals surface area contributed by atoms with E-state index >= 15 is 0 Å². The molecule has 1 aliphatic rings. The molecule has 0 bridgehead atoms. The predicted octanol–water partition coefficient (Wildman–Crippen LogP) is 5.78. The van der Waals surface area contributed by atoms with Crippen LogP contribution in [0.1, 0.15) is 86.0 Å². The first-order valence-electron chi connectivity index (χ1n) is 9.26. The number of esters is 1. The average Bonchev–Trinajstić information content (AvgIpc) is 2.52. The van der Waals surface area contributed by atoms with Gasteiger partial charge in [-0.1, -0.05) is 47.0 Å². The molecule has 3 heteroatoms. The Bertz CT molecular complexity index is 343. The summed E-state index contributed by atoms with van der Waals surface area (Å²) in [5.74, 6) is 1.14. The van der Waals surface area contributed by atoms with Gasteiger partial charge in [0.15, 0.2) is 0 Å². The van der Waals surface area contributed by atoms with Gasteiger partial charge in [-0.05, 0) is 57.5 Å². The van der Waals surface area contributed by atoms with E-state index < -0.39 is 0 Å². The van der Waals surface area contributed by atoms with Crippen molar-refractivity contribution in [3.63, 3.8) is 0 Å². The first kappa shape index (κ1) is 19.9. The maximum atomic E-state index is 13.0. The van der Waals surface area contributed by atoms with Crippen molar-refractivity contribution in [2.24, 2.45) is 11.8 Å². The van der Waals surface area contributed by atoms with Crippen LogP contribution in [0.5, 0.6) is 0 Å². The molecule has 1 aliphatic carbocycles. The third kappa shape index (κ3) is 4.70. The van der Waals surface area contributed by atoms with Crippen LogP contribution in [0.15, 0.2) is 0 Å². The average molecular weight is 328 g/mol. The van der Waals surface area contributed by atoms with Gasteiger partial charge in [-0.3, -0.25) is 4.79 Å². The zero-order chi connectivity index (χ0) is 16.8. The van der Waals surface area contributed by atoms with Gasteiger partial charge in [0.05, 0.1) is 5.16 Å². The molecule has 0 aromatic rings. The summed E-state index contributed by atoms with van der Waals surface area (Å²) >= 11 is 0. The van der Waals surface area contributed by atoms with Crippen molar-refractivity contribution in [3.8, 4) is 0 Å². The number of ether oxygens (including phenoxy) is 1. The molecule has 0 spiro atoms. The minimum absolute atomic E-state index is 0.0521. The first-order valence-corrected chi connectivity index (χ1v) is 10.8. The van der Waals surface area contributed by atoms with E-state index in [0.717, 1.165) is 19.3 Å². The van der Waals surface area contributed by atoms with E-state index in [0.29, 0.717) is 20.4 Å². The fraction of sp³-hybridized carbons (Fsp3) is 0.947. The van der Waals surface area contributed by atoms with Crippen LogP contribution in [0.25, 0.3) is 0 Å². The summed E-state index contributed by atoms with van der Waals surface area (Å²) < 4.78 is 6.30. The van der Waals surface area contributed by atoms with Gasteiger partial charge in [-0.15, -0.1) is 8.58 Å². The number of carbonyl (C=O) groups excluding carboxylic acids is 1. The van der Waals surface area contributed by atoms with Gasteiger partial charge < -0.3 is 4.74 Å². The van der Waals surface area contributed by atoms with Crippen molar-refractivity contribution < 1.29 is 9.53 Å². The number of rotatable bonds is 8. The van der Waals surface area contributed by atoms with E-state index in [2.05, 4.69) is 41.3 Å². The summed E-state index contributed by atoms with van der Waals surface area (Å²) in [6.07, 6.45) is 9.21. The van der Waals surface area contributed by atoms with Crippen LogP contribution in [0, 0.1) is 11.8 Å². The molecule has 1 saturated carbocycles. The van der Waals surface area contributed by atoms with E-state index in [1.165, 1.54) is 32.1 Å². The van der Waals surface area contributed by atoms with E-state index in [9.17, 15) is 4.79 Å². The fourth-order valence-electron chi connectivity index (χ4n) is 4.08. The molecule has 0 saturated heterocycles. The van der Waals surface area contributed by atoms with Gasteiger partial charge in [0.1, 0.15) is 5.60 Å². The van der Waals surface area contributed by atoms with Crippen LogP contribution in [-0.2, 0) is 9.53 Å². The summed E-state index contributed by atoms with van der Waals surface area (Å²) in [5, 5.41) is -0.307. The molecular formula is C19H37O2P. The molecule has 2 nitrogen and oxygen atoms in total. The molecule has 130 valence electrons. The van der Waals surface area contributed by atoms with Crippen LogP contribution in [-0.4, -0.2) is 23.4 Å². The first-order chi connectivity index (χ1) is 10.3. The lowest BCUT2D eigenvalue weighted by atomic mass is 9.74. The van der Waals surface area contributed by atoms with Crippen molar-refractivity contribution in [2.75, 3.05) is 6.66 Å². The van der Waals surface area contributed by atoms with Crippen molar-refractivity contribution in [3.05, 3.63) is 0 Å². The molecule has 22 heavy (non-hydrogen) atoms. The highest BCUT2D eigenvalue weighted by Crippen LogP contribution is 2.43. The second-order valence-corrected chi connectivity index (χ2v) is 9.28. The van der Waals surface area contributed by atoms with Crippen LogP contribution in [0.3, 0.4) is 0 Å². The Labute approximate surface area is 139 Å². The third-order valence-corrected chi connectivity index (χ3v) is 7.17. The number of carbonyl (C=O) groups is 1. The molecular weight excluding hydrogens is 291 g/mol. The van der Waals surface area contributed by atoms with Gasteiger partial charge in [0.2, 0.25) is 0 Å². The largest absolute Gasteiger partial charge is 0.458 e. The predicted molar refractivity (Wildman–Crippen MR) is 98.1 cm³/mol. The minimum atomic E-state index is -0.307. The Morgan fingerprint density at radius 2 is 1.73 bits per heavy atom. The molecule has 0 heterocycles. The highest BCUT2D eigenvalue weighted by molar-refractivity contribution is 7.40. The van der Waals surface area contributed by atoms with Gasteiger partial charge in [0.25, 0.3) is 0 Å². The van der Waals surface area contributed by atoms with E-state index in [4.69, 9.17) is 4.74 Å². The Balaban J connectivity index is 2.90. The van der Waals surface area contributed by atoms with Gasteiger partial charge in [-0.25, -0.2) is 0 Å². The topological polar surface area (TPSA) is 26.3 Å². The fourth-order valence-corrected chi connectivity index (χ4v) is 4.95. The number of hydrogen-bond acceptors (Lipinski definition) is 2. The summed E-state index contributed by atoms with van der Waals surface area (Å²) in [6.45, 7) is 13.0. The minimum Gasteiger partial charge on any atom is -0.458 e. The summed E-state index contributed by atoms with van der Waals surface area (Å²) in [4.78, 5) is 13.0. The second-order valence-electron chi connectivity index (χ2n) is 7.68. The molecule has 0 aromatic heterocycles. The molecule has 0 amide bonds. The quantitative estimate of drug-likeness (QED) is 0.417. The molecule has 1 fully saturated rings. The monoisotopic (exact) mass is 328 g/mol. The van der Waals surface area contributed by atoms with Crippen LogP contribution >= 0.6 is 8.58 Å². The zero-order valence-electron chi connectivity index (χ0n) is 15.6. The second kappa shape index (κ2) is 8.67. The van der Waals surface area contributed by atoms with E-state index in [-0.39, 0.29) is 16.7 Å². The Kier molecular flexibility index (Phi) is 7.86. The zero-order valence-corrected chi connectivity index (χ0v) is 16.6. The maximum Gasteiger partial charge on any atom is 0.316 e. The molecule has 2 atom stereocenters. The highest BCUT2D eigenvalue weighted by atomic mass is 31.1. The van der Waals surface area contributed by atoms with Crippen molar-refractivity contribution >= 4 is 14.6 Å². The van der Waals surface area contributed by atoms with Crippen LogP contribution in [0.4, 0.5) is 0 Å². The molecule has 0 aromatic carbocycles. The highest BCUT2D eigenvalue weighted by Gasteiger charge is 2.44. The SMILES string of the molecule is CCC(CC)(OC(=O)C(C)(CC(C)C)PC)C1CCCCC1. The molecule has 2 unspecified atom stereocenters. The lowest BCUT2D eigenvalue weighted by molar-refractivity contribution is -0.172. The van der Waals surface area contributed by atoms with Gasteiger partial charge >= 0.3 is 5.97 Å². The third-order valence-electron chi connectivity index (χ3n) is 5.66. The molecule has 1 rings (SSSR count). The Morgan fingerprint density at radius 3 is 2.14 bits per heavy atom. The summed E-state index contributed by atoms with van der Waals surface area (Å²) in [7, 11) is 0.598. The standard InChI is InChI=1S/C19H37O2P/c1-7-19(8-2,16-12-10-9-11-13-16)21-17(20)18(5,22-6)14-15(3)4/h15-16,22H,7-14H2,1-6H3. The molecule has 0 N–H and O–H groups in total. The lowest BCUT2D eigenvalue weighted by Gasteiger charge is -2.43. The smallest absolute Gasteiger partial charge is 0.316 e. The maximum absolute atomic E-state index is 13.0. The van der Waals surface area contributed by atoms with Crippen molar-refractivity contribution in [1.29, 1.82) is 0 Å². The van der Waals surface area contributed by atoms with E-state index in [1.54, 1.807) is 0 Å². The van der Waals surface area contributed by atoms with Gasteiger partial charge in [0, 0.05) is 0 Å². The summed E-state index contributed by atoms with van der Waals surface area (Å²) in [5.41, 5.74) is -0.227.